The molecule has 21 heavy (non-hydrogen) atoms. The normalized spacial score (nSPS) is 26.0. The van der Waals surface area contributed by atoms with Gasteiger partial charge in [-0.1, -0.05) is 40.0 Å². The van der Waals surface area contributed by atoms with Gasteiger partial charge >= 0.3 is 0 Å². The van der Waals surface area contributed by atoms with Crippen molar-refractivity contribution < 1.29 is 9.84 Å². The second kappa shape index (κ2) is 10.6. The van der Waals surface area contributed by atoms with E-state index in [1.165, 1.54) is 32.1 Å². The number of rotatable bonds is 10. The zero-order valence-corrected chi connectivity index (χ0v) is 14.6. The summed E-state index contributed by atoms with van der Waals surface area (Å²) in [7, 11) is 0. The molecule has 1 rings (SSSR count). The largest absolute Gasteiger partial charge is 0.389 e. The summed E-state index contributed by atoms with van der Waals surface area (Å²) in [6.45, 7) is 10.9. The van der Waals surface area contributed by atoms with E-state index in [-0.39, 0.29) is 12.2 Å². The summed E-state index contributed by atoms with van der Waals surface area (Å²) in [6.07, 6.45) is 7.73. The SMILES string of the molecule is CCC1CCC(CNCC(O)COC(C)CC(C)C)CC1. The number of aliphatic hydroxyl groups excluding tert-OH is 1. The van der Waals surface area contributed by atoms with E-state index in [1.807, 2.05) is 0 Å². The fourth-order valence-corrected chi connectivity index (χ4v) is 3.36. The van der Waals surface area contributed by atoms with Crippen LogP contribution in [0.5, 0.6) is 0 Å². The van der Waals surface area contributed by atoms with Gasteiger partial charge in [-0.05, 0) is 50.5 Å². The summed E-state index contributed by atoms with van der Waals surface area (Å²) in [5.41, 5.74) is 0. The predicted octanol–water partition coefficient (Wildman–Crippen LogP) is 3.60. The summed E-state index contributed by atoms with van der Waals surface area (Å²) in [5, 5.41) is 13.4. The maximum Gasteiger partial charge on any atom is 0.0897 e. The van der Waals surface area contributed by atoms with Gasteiger partial charge in [-0.15, -0.1) is 0 Å². The van der Waals surface area contributed by atoms with Crippen LogP contribution >= 0.6 is 0 Å². The van der Waals surface area contributed by atoms with Crippen LogP contribution in [0, 0.1) is 17.8 Å². The fraction of sp³-hybridized carbons (Fsp3) is 1.00. The van der Waals surface area contributed by atoms with Gasteiger partial charge in [-0.2, -0.15) is 0 Å². The van der Waals surface area contributed by atoms with Gasteiger partial charge in [0.2, 0.25) is 0 Å². The standard InChI is InChI=1S/C18H37NO2/c1-5-16-6-8-17(9-7-16)11-19-12-18(20)13-21-15(4)10-14(2)3/h14-20H,5-13H2,1-4H3. The van der Waals surface area contributed by atoms with E-state index < -0.39 is 0 Å². The van der Waals surface area contributed by atoms with Crippen molar-refractivity contribution in [1.82, 2.24) is 5.32 Å². The van der Waals surface area contributed by atoms with Crippen molar-refractivity contribution in [3.8, 4) is 0 Å². The first-order valence-electron chi connectivity index (χ1n) is 9.01. The van der Waals surface area contributed by atoms with Gasteiger partial charge in [0.25, 0.3) is 0 Å². The molecule has 0 aromatic carbocycles. The van der Waals surface area contributed by atoms with E-state index in [0.29, 0.717) is 19.1 Å². The van der Waals surface area contributed by atoms with Crippen LogP contribution < -0.4 is 5.32 Å². The molecule has 0 amide bonds. The van der Waals surface area contributed by atoms with Crippen LogP contribution in [-0.2, 0) is 4.74 Å². The smallest absolute Gasteiger partial charge is 0.0897 e. The lowest BCUT2D eigenvalue weighted by atomic mass is 9.81. The lowest BCUT2D eigenvalue weighted by molar-refractivity contribution is -0.00882. The Morgan fingerprint density at radius 3 is 2.29 bits per heavy atom. The first-order valence-corrected chi connectivity index (χ1v) is 9.01. The predicted molar refractivity (Wildman–Crippen MR) is 89.5 cm³/mol. The van der Waals surface area contributed by atoms with Crippen LogP contribution in [-0.4, -0.2) is 37.0 Å². The monoisotopic (exact) mass is 299 g/mol. The minimum atomic E-state index is -0.383. The molecular weight excluding hydrogens is 262 g/mol. The first kappa shape index (κ1) is 18.9. The zero-order chi connectivity index (χ0) is 15.7. The average Bonchev–Trinajstić information content (AvgIpc) is 2.45. The molecular formula is C18H37NO2. The lowest BCUT2D eigenvalue weighted by Crippen LogP contribution is -2.35. The number of hydrogen-bond donors (Lipinski definition) is 2. The molecule has 1 aliphatic rings. The first-order chi connectivity index (χ1) is 10.0. The third kappa shape index (κ3) is 8.80. The third-order valence-electron chi connectivity index (χ3n) is 4.73. The van der Waals surface area contributed by atoms with Crippen LogP contribution in [0.1, 0.15) is 66.2 Å². The van der Waals surface area contributed by atoms with Crippen LogP contribution in [0.15, 0.2) is 0 Å². The molecule has 2 unspecified atom stereocenters. The van der Waals surface area contributed by atoms with Crippen LogP contribution in [0.2, 0.25) is 0 Å². The van der Waals surface area contributed by atoms with E-state index in [0.717, 1.165) is 24.8 Å². The average molecular weight is 299 g/mol. The molecule has 126 valence electrons. The summed E-state index contributed by atoms with van der Waals surface area (Å²) in [4.78, 5) is 0. The molecule has 2 atom stereocenters. The Hall–Kier alpha value is -0.120. The van der Waals surface area contributed by atoms with Gasteiger partial charge in [0, 0.05) is 6.54 Å². The molecule has 1 aliphatic carbocycles. The minimum absolute atomic E-state index is 0.240. The second-order valence-corrected chi connectivity index (χ2v) is 7.38. The third-order valence-corrected chi connectivity index (χ3v) is 4.73. The molecule has 3 nitrogen and oxygen atoms in total. The molecule has 3 heteroatoms. The zero-order valence-electron chi connectivity index (χ0n) is 14.6. The Morgan fingerprint density at radius 2 is 1.71 bits per heavy atom. The fourth-order valence-electron chi connectivity index (χ4n) is 3.36. The molecule has 2 N–H and O–H groups in total. The molecule has 0 aliphatic heterocycles. The molecule has 1 saturated carbocycles. The minimum Gasteiger partial charge on any atom is -0.389 e. The van der Waals surface area contributed by atoms with Crippen molar-refractivity contribution in [2.45, 2.75) is 78.4 Å². The molecule has 0 bridgehead atoms. The van der Waals surface area contributed by atoms with E-state index in [9.17, 15) is 5.11 Å². The quantitative estimate of drug-likeness (QED) is 0.647. The summed E-state index contributed by atoms with van der Waals surface area (Å²) < 4.78 is 5.70. The molecule has 1 fully saturated rings. The topological polar surface area (TPSA) is 41.5 Å². The number of hydrogen-bond acceptors (Lipinski definition) is 3. The molecule has 0 spiro atoms. The van der Waals surface area contributed by atoms with Gasteiger partial charge in [0.1, 0.15) is 0 Å². The Kier molecular flexibility index (Phi) is 9.54. The van der Waals surface area contributed by atoms with Crippen LogP contribution in [0.25, 0.3) is 0 Å². The Bertz CT molecular complexity index is 250. The van der Waals surface area contributed by atoms with Crippen molar-refractivity contribution in [3.05, 3.63) is 0 Å². The van der Waals surface area contributed by atoms with Crippen molar-refractivity contribution in [2.75, 3.05) is 19.7 Å². The number of nitrogens with one attached hydrogen (secondary N) is 1. The summed E-state index contributed by atoms with van der Waals surface area (Å²) in [5.74, 6) is 2.41. The van der Waals surface area contributed by atoms with E-state index in [4.69, 9.17) is 4.74 Å². The highest BCUT2D eigenvalue weighted by Gasteiger charge is 2.19. The molecule has 0 heterocycles. The van der Waals surface area contributed by atoms with Crippen molar-refractivity contribution in [1.29, 1.82) is 0 Å². The van der Waals surface area contributed by atoms with Gasteiger partial charge < -0.3 is 15.2 Å². The molecule has 0 aromatic heterocycles. The van der Waals surface area contributed by atoms with Gasteiger partial charge in [0.15, 0.2) is 0 Å². The van der Waals surface area contributed by atoms with Crippen molar-refractivity contribution >= 4 is 0 Å². The molecule has 0 saturated heterocycles. The molecule has 0 radical (unpaired) electrons. The van der Waals surface area contributed by atoms with Crippen molar-refractivity contribution in [3.63, 3.8) is 0 Å². The highest BCUT2D eigenvalue weighted by Crippen LogP contribution is 2.29. The van der Waals surface area contributed by atoms with E-state index in [2.05, 4.69) is 33.0 Å². The Balaban J connectivity index is 2.02. The maximum atomic E-state index is 9.95. The van der Waals surface area contributed by atoms with Crippen LogP contribution in [0.4, 0.5) is 0 Å². The van der Waals surface area contributed by atoms with Gasteiger partial charge in [-0.3, -0.25) is 0 Å². The maximum absolute atomic E-state index is 9.95. The van der Waals surface area contributed by atoms with E-state index >= 15 is 0 Å². The van der Waals surface area contributed by atoms with E-state index in [1.54, 1.807) is 0 Å². The summed E-state index contributed by atoms with van der Waals surface area (Å²) in [6, 6.07) is 0. The number of ether oxygens (including phenoxy) is 1. The highest BCUT2D eigenvalue weighted by molar-refractivity contribution is 4.74. The summed E-state index contributed by atoms with van der Waals surface area (Å²) >= 11 is 0. The number of aliphatic hydroxyl groups is 1. The molecule has 0 aromatic rings. The lowest BCUT2D eigenvalue weighted by Gasteiger charge is -2.28. The second-order valence-electron chi connectivity index (χ2n) is 7.38. The van der Waals surface area contributed by atoms with Gasteiger partial charge in [0.05, 0.1) is 18.8 Å². The van der Waals surface area contributed by atoms with Crippen LogP contribution in [0.3, 0.4) is 0 Å². The highest BCUT2D eigenvalue weighted by atomic mass is 16.5. The van der Waals surface area contributed by atoms with Gasteiger partial charge in [-0.25, -0.2) is 0 Å². The Labute approximate surface area is 131 Å². The van der Waals surface area contributed by atoms with Crippen molar-refractivity contribution in [2.24, 2.45) is 17.8 Å². The Morgan fingerprint density at radius 1 is 1.10 bits per heavy atom.